The van der Waals surface area contributed by atoms with Crippen LogP contribution >= 0.6 is 35.2 Å². The lowest BCUT2D eigenvalue weighted by Crippen LogP contribution is -1.69. The molecular weight excluding hydrogens is 233 g/mol. The summed E-state index contributed by atoms with van der Waals surface area (Å²) in [4.78, 5) is 4.96. The van der Waals surface area contributed by atoms with E-state index in [0.717, 1.165) is 10.6 Å². The average molecular weight is 241 g/mol. The summed E-state index contributed by atoms with van der Waals surface area (Å²) in [7, 11) is 0. The highest BCUT2D eigenvalue weighted by molar-refractivity contribution is 14.1. The number of thiol groups is 1. The zero-order valence-electron chi connectivity index (χ0n) is 4.85. The van der Waals surface area contributed by atoms with Crippen LogP contribution in [-0.4, -0.2) is 4.22 Å². The van der Waals surface area contributed by atoms with E-state index in [0.29, 0.717) is 0 Å². The van der Waals surface area contributed by atoms with Gasteiger partial charge in [-0.2, -0.15) is 0 Å². The van der Waals surface area contributed by atoms with Crippen molar-refractivity contribution in [3.8, 4) is 0 Å². The van der Waals surface area contributed by atoms with Crippen molar-refractivity contribution in [2.45, 2.75) is 13.8 Å². The minimum Gasteiger partial charge on any atom is -0.254 e. The van der Waals surface area contributed by atoms with Gasteiger partial charge in [-0.15, -0.1) is 12.6 Å². The molecule has 0 aliphatic heterocycles. The van der Waals surface area contributed by atoms with Crippen LogP contribution in [0.5, 0.6) is 0 Å². The molecule has 0 saturated carbocycles. The van der Waals surface area contributed by atoms with E-state index in [4.69, 9.17) is 0 Å². The van der Waals surface area contributed by atoms with Gasteiger partial charge in [0.15, 0.2) is 0 Å². The molecule has 0 N–H and O–H groups in total. The van der Waals surface area contributed by atoms with E-state index in [2.05, 4.69) is 40.2 Å². The third kappa shape index (κ3) is 3.49. The van der Waals surface area contributed by atoms with Gasteiger partial charge in [-0.3, -0.25) is 4.99 Å². The number of hydrogen-bond donors (Lipinski definition) is 1. The second kappa shape index (κ2) is 4.38. The van der Waals surface area contributed by atoms with Crippen molar-refractivity contribution in [3.63, 3.8) is 0 Å². The van der Waals surface area contributed by atoms with E-state index in [1.807, 2.05) is 13.8 Å². The van der Waals surface area contributed by atoms with Gasteiger partial charge in [-0.25, -0.2) is 0 Å². The summed E-state index contributed by atoms with van der Waals surface area (Å²) in [6, 6.07) is 0. The summed E-state index contributed by atoms with van der Waals surface area (Å²) in [6.07, 6.45) is 0. The molecule has 0 aromatic rings. The van der Waals surface area contributed by atoms with Crippen molar-refractivity contribution in [2.24, 2.45) is 4.99 Å². The SMILES string of the molecule is C/C(S)=C(C)/N=C\I. The molecule has 46 valence electrons. The number of nitrogens with zero attached hydrogens (tertiary/aromatic N) is 1. The first-order valence-electron chi connectivity index (χ1n) is 2.17. The molecule has 0 bridgehead atoms. The van der Waals surface area contributed by atoms with Crippen LogP contribution in [-0.2, 0) is 0 Å². The molecule has 0 spiro atoms. The zero-order valence-corrected chi connectivity index (χ0v) is 7.90. The van der Waals surface area contributed by atoms with Crippen LogP contribution in [0.1, 0.15) is 13.8 Å². The Balaban J connectivity index is 4.00. The van der Waals surface area contributed by atoms with Gasteiger partial charge in [0, 0.05) is 5.70 Å². The van der Waals surface area contributed by atoms with Crippen LogP contribution < -0.4 is 0 Å². The van der Waals surface area contributed by atoms with E-state index >= 15 is 0 Å². The van der Waals surface area contributed by atoms with Crippen LogP contribution in [0.3, 0.4) is 0 Å². The fraction of sp³-hybridized carbons (Fsp3) is 0.400. The Hall–Kier alpha value is 0.490. The summed E-state index contributed by atoms with van der Waals surface area (Å²) >= 11 is 6.17. The molecule has 0 saturated heterocycles. The van der Waals surface area contributed by atoms with Gasteiger partial charge in [-0.05, 0) is 41.3 Å². The minimum absolute atomic E-state index is 0.970. The first-order chi connectivity index (χ1) is 3.68. The Labute approximate surface area is 68.8 Å². The molecule has 0 aliphatic rings. The van der Waals surface area contributed by atoms with E-state index in [1.165, 1.54) is 0 Å². The van der Waals surface area contributed by atoms with E-state index in [-0.39, 0.29) is 0 Å². The number of halogens is 1. The van der Waals surface area contributed by atoms with Crippen molar-refractivity contribution < 1.29 is 0 Å². The standard InChI is InChI=1S/C5H8INS/c1-4(5(2)8)7-3-6/h3,8H,1-2H3/b5-4-,7-3-. The molecule has 1 nitrogen and oxygen atoms in total. The summed E-state index contributed by atoms with van der Waals surface area (Å²) < 4.78 is 1.73. The maximum absolute atomic E-state index is 4.09. The molecule has 3 heteroatoms. The Kier molecular flexibility index (Phi) is 4.64. The van der Waals surface area contributed by atoms with Crippen molar-refractivity contribution in [1.82, 2.24) is 0 Å². The van der Waals surface area contributed by atoms with Crippen LogP contribution in [0.4, 0.5) is 0 Å². The topological polar surface area (TPSA) is 12.4 Å². The Morgan fingerprint density at radius 1 is 1.62 bits per heavy atom. The zero-order chi connectivity index (χ0) is 6.57. The molecule has 0 unspecified atom stereocenters. The van der Waals surface area contributed by atoms with E-state index in [1.54, 1.807) is 4.22 Å². The molecule has 0 aromatic carbocycles. The summed E-state index contributed by atoms with van der Waals surface area (Å²) in [5, 5.41) is 0. The van der Waals surface area contributed by atoms with Gasteiger partial charge in [0.2, 0.25) is 0 Å². The molecule has 0 fully saturated rings. The molecule has 0 aliphatic carbocycles. The number of hydrogen-bond acceptors (Lipinski definition) is 2. The fourth-order valence-corrected chi connectivity index (χ4v) is 0.642. The van der Waals surface area contributed by atoms with E-state index in [9.17, 15) is 0 Å². The highest BCUT2D eigenvalue weighted by Gasteiger charge is 1.83. The van der Waals surface area contributed by atoms with Crippen LogP contribution in [0.2, 0.25) is 0 Å². The lowest BCUT2D eigenvalue weighted by atomic mass is 10.5. The number of allylic oxidation sites excluding steroid dienone is 2. The predicted molar refractivity (Wildman–Crippen MR) is 49.9 cm³/mol. The van der Waals surface area contributed by atoms with Gasteiger partial charge in [0.25, 0.3) is 0 Å². The van der Waals surface area contributed by atoms with Gasteiger partial charge >= 0.3 is 0 Å². The third-order valence-corrected chi connectivity index (χ3v) is 1.37. The predicted octanol–water partition coefficient (Wildman–Crippen LogP) is 2.63. The Morgan fingerprint density at radius 3 is 2.25 bits per heavy atom. The summed E-state index contributed by atoms with van der Waals surface area (Å²) in [5.41, 5.74) is 0.975. The molecule has 0 rings (SSSR count). The van der Waals surface area contributed by atoms with Gasteiger partial charge in [0.05, 0.1) is 4.22 Å². The number of aliphatic imine (C=N–C) groups is 1. The van der Waals surface area contributed by atoms with Crippen molar-refractivity contribution >= 4 is 39.4 Å². The van der Waals surface area contributed by atoms with Crippen LogP contribution in [0, 0.1) is 0 Å². The molecule has 0 atom stereocenters. The van der Waals surface area contributed by atoms with Crippen molar-refractivity contribution in [2.75, 3.05) is 0 Å². The van der Waals surface area contributed by atoms with Crippen molar-refractivity contribution in [3.05, 3.63) is 10.6 Å². The van der Waals surface area contributed by atoms with Gasteiger partial charge < -0.3 is 0 Å². The normalized spacial score (nSPS) is 14.5. The van der Waals surface area contributed by atoms with Gasteiger partial charge in [0.1, 0.15) is 0 Å². The molecule has 0 heterocycles. The Morgan fingerprint density at radius 2 is 2.12 bits per heavy atom. The summed E-state index contributed by atoms with van der Waals surface area (Å²) in [6.45, 7) is 3.85. The average Bonchev–Trinajstić information content (AvgIpc) is 1.67. The first kappa shape index (κ1) is 8.49. The molecule has 8 heavy (non-hydrogen) atoms. The smallest absolute Gasteiger partial charge is 0.0654 e. The molecule has 0 radical (unpaired) electrons. The Bertz CT molecular complexity index is 124. The van der Waals surface area contributed by atoms with Crippen LogP contribution in [0.15, 0.2) is 15.6 Å². The highest BCUT2D eigenvalue weighted by atomic mass is 127. The number of rotatable bonds is 1. The maximum Gasteiger partial charge on any atom is 0.0654 e. The fourth-order valence-electron chi connectivity index (χ4n) is 0.167. The maximum atomic E-state index is 4.09. The molecule has 0 aromatic heterocycles. The lowest BCUT2D eigenvalue weighted by Gasteiger charge is -1.89. The quantitative estimate of drug-likeness (QED) is 0.411. The second-order valence-corrected chi connectivity index (χ2v) is 2.63. The highest BCUT2D eigenvalue weighted by Crippen LogP contribution is 2.07. The first-order valence-corrected chi connectivity index (χ1v) is 3.87. The molecule has 0 amide bonds. The largest absolute Gasteiger partial charge is 0.254 e. The summed E-state index contributed by atoms with van der Waals surface area (Å²) in [5.74, 6) is 0. The van der Waals surface area contributed by atoms with Crippen LogP contribution in [0.25, 0.3) is 0 Å². The minimum atomic E-state index is 0.970. The second-order valence-electron chi connectivity index (χ2n) is 1.40. The molecular formula is C5H8INS. The van der Waals surface area contributed by atoms with Crippen molar-refractivity contribution in [1.29, 1.82) is 0 Å². The lowest BCUT2D eigenvalue weighted by molar-refractivity contribution is 1.29. The monoisotopic (exact) mass is 241 g/mol. The van der Waals surface area contributed by atoms with E-state index < -0.39 is 0 Å². The third-order valence-electron chi connectivity index (χ3n) is 0.766. The van der Waals surface area contributed by atoms with Gasteiger partial charge in [-0.1, -0.05) is 0 Å².